The zero-order valence-corrected chi connectivity index (χ0v) is 17.1. The van der Waals surface area contributed by atoms with E-state index in [9.17, 15) is 9.59 Å². The first-order valence-corrected chi connectivity index (χ1v) is 9.98. The van der Waals surface area contributed by atoms with Crippen molar-refractivity contribution in [1.29, 1.82) is 0 Å². The Balaban J connectivity index is 1.55. The Bertz CT molecular complexity index is 1260. The molecule has 1 amide bonds. The van der Waals surface area contributed by atoms with Gasteiger partial charge in [0.15, 0.2) is 5.65 Å². The molecule has 0 bridgehead atoms. The van der Waals surface area contributed by atoms with Crippen LogP contribution in [0.1, 0.15) is 27.0 Å². The lowest BCUT2D eigenvalue weighted by atomic mass is 10.1. The van der Waals surface area contributed by atoms with E-state index in [1.165, 1.54) is 0 Å². The summed E-state index contributed by atoms with van der Waals surface area (Å²) in [5.41, 5.74) is 5.03. The van der Waals surface area contributed by atoms with Crippen LogP contribution in [-0.2, 0) is 13.1 Å². The molecular weight excluding hydrogens is 376 g/mol. The maximum absolute atomic E-state index is 13.1. The van der Waals surface area contributed by atoms with Crippen LogP contribution < -0.4 is 11.0 Å². The number of pyridine rings is 1. The van der Waals surface area contributed by atoms with E-state index in [0.29, 0.717) is 30.8 Å². The highest BCUT2D eigenvalue weighted by atomic mass is 16.2. The van der Waals surface area contributed by atoms with E-state index >= 15 is 0 Å². The molecule has 0 fully saturated rings. The maximum Gasteiger partial charge on any atom is 0.330 e. The zero-order valence-electron chi connectivity index (χ0n) is 17.1. The molecule has 4 rings (SSSR count). The third kappa shape index (κ3) is 3.89. The summed E-state index contributed by atoms with van der Waals surface area (Å²) in [6.07, 6.45) is 1.68. The standard InChI is InChI=1S/C24H24N4O2/c1-17-10-11-20(18(2)15-17)23(29)26-13-14-27-22-21(9-6-12-25-22)28(24(27)30)16-19-7-4-3-5-8-19/h3-12,15H,13-14,16H2,1-2H3,(H,26,29). The summed E-state index contributed by atoms with van der Waals surface area (Å²) in [7, 11) is 0. The van der Waals surface area contributed by atoms with Crippen molar-refractivity contribution in [2.24, 2.45) is 0 Å². The van der Waals surface area contributed by atoms with Crippen molar-refractivity contribution in [1.82, 2.24) is 19.4 Å². The van der Waals surface area contributed by atoms with Crippen molar-refractivity contribution in [3.8, 4) is 0 Å². The van der Waals surface area contributed by atoms with Gasteiger partial charge >= 0.3 is 5.69 Å². The molecule has 2 aromatic carbocycles. The molecule has 6 heteroatoms. The summed E-state index contributed by atoms with van der Waals surface area (Å²) >= 11 is 0. The smallest absolute Gasteiger partial charge is 0.330 e. The van der Waals surface area contributed by atoms with E-state index in [4.69, 9.17) is 0 Å². The maximum atomic E-state index is 13.1. The fourth-order valence-electron chi connectivity index (χ4n) is 3.71. The van der Waals surface area contributed by atoms with Crippen LogP contribution in [0.25, 0.3) is 11.2 Å². The van der Waals surface area contributed by atoms with E-state index in [1.54, 1.807) is 15.3 Å². The first kappa shape index (κ1) is 19.6. The van der Waals surface area contributed by atoms with Gasteiger partial charge in [-0.15, -0.1) is 0 Å². The molecule has 1 N–H and O–H groups in total. The molecule has 0 atom stereocenters. The first-order chi connectivity index (χ1) is 14.5. The number of hydrogen-bond donors (Lipinski definition) is 1. The number of amides is 1. The summed E-state index contributed by atoms with van der Waals surface area (Å²) in [5.74, 6) is -0.137. The minimum Gasteiger partial charge on any atom is -0.350 e. The van der Waals surface area contributed by atoms with Crippen LogP contribution in [0.3, 0.4) is 0 Å². The molecule has 152 valence electrons. The lowest BCUT2D eigenvalue weighted by molar-refractivity contribution is 0.0951. The van der Waals surface area contributed by atoms with Crippen LogP contribution in [0.5, 0.6) is 0 Å². The minimum atomic E-state index is -0.137. The molecule has 0 aliphatic heterocycles. The highest BCUT2D eigenvalue weighted by molar-refractivity contribution is 5.95. The Labute approximate surface area is 174 Å². The predicted molar refractivity (Wildman–Crippen MR) is 118 cm³/mol. The second kappa shape index (κ2) is 8.37. The number of benzene rings is 2. The van der Waals surface area contributed by atoms with Crippen LogP contribution in [0.15, 0.2) is 71.7 Å². The normalized spacial score (nSPS) is 11.0. The van der Waals surface area contributed by atoms with Gasteiger partial charge in [0.1, 0.15) is 0 Å². The van der Waals surface area contributed by atoms with Crippen LogP contribution >= 0.6 is 0 Å². The largest absolute Gasteiger partial charge is 0.350 e. The molecule has 0 saturated heterocycles. The molecule has 0 aliphatic rings. The fraction of sp³-hybridized carbons (Fsp3) is 0.208. The Hall–Kier alpha value is -3.67. The van der Waals surface area contributed by atoms with Gasteiger partial charge in [-0.3, -0.25) is 13.9 Å². The number of aromatic nitrogens is 3. The average Bonchev–Trinajstić information content (AvgIpc) is 3.00. The van der Waals surface area contributed by atoms with Gasteiger partial charge in [-0.05, 0) is 43.2 Å². The van der Waals surface area contributed by atoms with Gasteiger partial charge in [0.05, 0.1) is 12.1 Å². The van der Waals surface area contributed by atoms with Crippen molar-refractivity contribution >= 4 is 17.1 Å². The third-order valence-electron chi connectivity index (χ3n) is 5.21. The number of carbonyl (C=O) groups is 1. The molecule has 2 aromatic heterocycles. The van der Waals surface area contributed by atoms with Crippen LogP contribution in [0, 0.1) is 13.8 Å². The number of carbonyl (C=O) groups excluding carboxylic acids is 1. The number of nitrogens with zero attached hydrogens (tertiary/aromatic N) is 3. The van der Waals surface area contributed by atoms with Crippen molar-refractivity contribution in [2.75, 3.05) is 6.54 Å². The zero-order chi connectivity index (χ0) is 21.1. The number of rotatable bonds is 6. The lowest BCUT2D eigenvalue weighted by Crippen LogP contribution is -2.32. The van der Waals surface area contributed by atoms with Gasteiger partial charge in [0.25, 0.3) is 5.91 Å². The SMILES string of the molecule is Cc1ccc(C(=O)NCCn2c(=O)n(Cc3ccccc3)c3cccnc32)c(C)c1. The van der Waals surface area contributed by atoms with Gasteiger partial charge in [-0.1, -0.05) is 48.0 Å². The summed E-state index contributed by atoms with van der Waals surface area (Å²) in [6, 6.07) is 19.3. The molecule has 4 aromatic rings. The van der Waals surface area contributed by atoms with Crippen molar-refractivity contribution < 1.29 is 4.79 Å². The lowest BCUT2D eigenvalue weighted by Gasteiger charge is -2.09. The van der Waals surface area contributed by atoms with Gasteiger partial charge in [-0.25, -0.2) is 9.78 Å². The molecule has 0 saturated carbocycles. The Kier molecular flexibility index (Phi) is 5.48. The molecule has 2 heterocycles. The van der Waals surface area contributed by atoms with Gasteiger partial charge in [0.2, 0.25) is 0 Å². The molecule has 0 spiro atoms. The molecule has 0 unspecified atom stereocenters. The highest BCUT2D eigenvalue weighted by Crippen LogP contribution is 2.13. The highest BCUT2D eigenvalue weighted by Gasteiger charge is 2.15. The average molecular weight is 400 g/mol. The second-order valence-electron chi connectivity index (χ2n) is 7.43. The summed E-state index contributed by atoms with van der Waals surface area (Å²) in [5, 5.41) is 2.92. The van der Waals surface area contributed by atoms with E-state index in [-0.39, 0.29) is 11.6 Å². The van der Waals surface area contributed by atoms with Crippen molar-refractivity contribution in [3.63, 3.8) is 0 Å². The molecule has 0 radical (unpaired) electrons. The Morgan fingerprint density at radius 1 is 1.00 bits per heavy atom. The third-order valence-corrected chi connectivity index (χ3v) is 5.21. The summed E-state index contributed by atoms with van der Waals surface area (Å²) in [4.78, 5) is 30.1. The topological polar surface area (TPSA) is 68.9 Å². The van der Waals surface area contributed by atoms with Gasteiger partial charge in [-0.2, -0.15) is 0 Å². The second-order valence-corrected chi connectivity index (χ2v) is 7.43. The van der Waals surface area contributed by atoms with Gasteiger partial charge in [0, 0.05) is 24.8 Å². The van der Waals surface area contributed by atoms with Crippen LogP contribution in [-0.4, -0.2) is 26.6 Å². The van der Waals surface area contributed by atoms with E-state index in [2.05, 4.69) is 10.3 Å². The monoisotopic (exact) mass is 400 g/mol. The summed E-state index contributed by atoms with van der Waals surface area (Å²) in [6.45, 7) is 5.09. The predicted octanol–water partition coefficient (Wildman–Crippen LogP) is 3.29. The molecule has 6 nitrogen and oxygen atoms in total. The van der Waals surface area contributed by atoms with E-state index in [0.717, 1.165) is 22.2 Å². The summed E-state index contributed by atoms with van der Waals surface area (Å²) < 4.78 is 3.35. The van der Waals surface area contributed by atoms with E-state index < -0.39 is 0 Å². The van der Waals surface area contributed by atoms with Crippen LogP contribution in [0.2, 0.25) is 0 Å². The fourth-order valence-corrected chi connectivity index (χ4v) is 3.71. The van der Waals surface area contributed by atoms with Gasteiger partial charge < -0.3 is 5.32 Å². The molecule has 30 heavy (non-hydrogen) atoms. The van der Waals surface area contributed by atoms with E-state index in [1.807, 2.05) is 74.5 Å². The Morgan fingerprint density at radius 3 is 2.57 bits per heavy atom. The number of nitrogens with one attached hydrogen (secondary N) is 1. The number of imidazole rings is 1. The van der Waals surface area contributed by atoms with Crippen molar-refractivity contribution in [2.45, 2.75) is 26.9 Å². The number of hydrogen-bond acceptors (Lipinski definition) is 3. The number of fused-ring (bicyclic) bond motifs is 1. The molecule has 0 aliphatic carbocycles. The Morgan fingerprint density at radius 2 is 1.80 bits per heavy atom. The quantitative estimate of drug-likeness (QED) is 0.540. The number of aryl methyl sites for hydroxylation is 2. The minimum absolute atomic E-state index is 0.131. The van der Waals surface area contributed by atoms with Crippen molar-refractivity contribution in [3.05, 3.63) is 99.6 Å². The molecular formula is C24H24N4O2. The first-order valence-electron chi connectivity index (χ1n) is 9.98. The van der Waals surface area contributed by atoms with Crippen LogP contribution in [0.4, 0.5) is 0 Å².